The molecule has 0 spiro atoms. The number of hydrogen-bond acceptors (Lipinski definition) is 5. The molecule has 2 fully saturated rings. The second-order valence-corrected chi connectivity index (χ2v) is 7.58. The average molecular weight is 318 g/mol. The molecule has 2 aliphatic rings. The van der Waals surface area contributed by atoms with Crippen molar-refractivity contribution in [3.05, 3.63) is 23.8 Å². The lowest BCUT2D eigenvalue weighted by Crippen LogP contribution is -2.46. The minimum atomic E-state index is -0.550. The summed E-state index contributed by atoms with van der Waals surface area (Å²) < 4.78 is 0. The summed E-state index contributed by atoms with van der Waals surface area (Å²) in [6.45, 7) is 9.86. The number of piperidine rings is 1. The van der Waals surface area contributed by atoms with Crippen LogP contribution in [0.4, 0.5) is 0 Å². The van der Waals surface area contributed by atoms with Crippen molar-refractivity contribution >= 4 is 0 Å². The minimum absolute atomic E-state index is 0.351. The molecule has 1 N–H and O–H groups in total. The molecule has 1 aromatic heterocycles. The molecular weight excluding hydrogens is 288 g/mol. The van der Waals surface area contributed by atoms with Gasteiger partial charge in [0.1, 0.15) is 5.82 Å². The Morgan fingerprint density at radius 2 is 1.96 bits per heavy atom. The topological polar surface area (TPSA) is 52.5 Å². The zero-order valence-corrected chi connectivity index (χ0v) is 14.5. The average Bonchev–Trinajstić information content (AvgIpc) is 2.89. The zero-order chi connectivity index (χ0) is 16.3. The van der Waals surface area contributed by atoms with Crippen molar-refractivity contribution in [1.29, 1.82) is 0 Å². The van der Waals surface area contributed by atoms with Crippen molar-refractivity contribution < 1.29 is 5.11 Å². The van der Waals surface area contributed by atoms with E-state index in [0.29, 0.717) is 5.92 Å². The molecule has 0 saturated carbocycles. The number of aliphatic hydroxyl groups is 1. The molecule has 2 aliphatic heterocycles. The van der Waals surface area contributed by atoms with Gasteiger partial charge in [0.2, 0.25) is 0 Å². The molecule has 5 nitrogen and oxygen atoms in total. The maximum atomic E-state index is 10.9. The molecule has 0 bridgehead atoms. The summed E-state index contributed by atoms with van der Waals surface area (Å²) in [6, 6.07) is 1.99. The van der Waals surface area contributed by atoms with E-state index in [1.807, 2.05) is 12.3 Å². The lowest BCUT2D eigenvalue weighted by atomic mass is 10.0. The Morgan fingerprint density at radius 1 is 1.17 bits per heavy atom. The maximum absolute atomic E-state index is 10.9. The van der Waals surface area contributed by atoms with Crippen LogP contribution in [0.15, 0.2) is 12.3 Å². The molecule has 0 aliphatic carbocycles. The zero-order valence-electron chi connectivity index (χ0n) is 14.5. The molecule has 1 aromatic rings. The first-order valence-corrected chi connectivity index (χ1v) is 9.03. The highest BCUT2D eigenvalue weighted by Crippen LogP contribution is 2.25. The van der Waals surface area contributed by atoms with E-state index in [-0.39, 0.29) is 0 Å². The smallest absolute Gasteiger partial charge is 0.131 e. The molecule has 0 amide bonds. The van der Waals surface area contributed by atoms with Crippen molar-refractivity contribution in [2.45, 2.75) is 57.6 Å². The van der Waals surface area contributed by atoms with E-state index in [9.17, 15) is 5.11 Å². The van der Waals surface area contributed by atoms with Crippen LogP contribution in [0.2, 0.25) is 0 Å². The molecule has 23 heavy (non-hydrogen) atoms. The van der Waals surface area contributed by atoms with E-state index < -0.39 is 5.60 Å². The van der Waals surface area contributed by atoms with Crippen LogP contribution in [0.5, 0.6) is 0 Å². The third-order valence-corrected chi connectivity index (χ3v) is 5.01. The van der Waals surface area contributed by atoms with E-state index >= 15 is 0 Å². The van der Waals surface area contributed by atoms with Gasteiger partial charge in [-0.05, 0) is 38.4 Å². The molecule has 0 aromatic carbocycles. The number of nitrogens with zero attached hydrogens (tertiary/aromatic N) is 4. The van der Waals surface area contributed by atoms with Crippen molar-refractivity contribution in [2.24, 2.45) is 0 Å². The van der Waals surface area contributed by atoms with Crippen LogP contribution < -0.4 is 0 Å². The molecule has 3 heterocycles. The van der Waals surface area contributed by atoms with Gasteiger partial charge in [-0.2, -0.15) is 0 Å². The van der Waals surface area contributed by atoms with Crippen LogP contribution >= 0.6 is 0 Å². The summed E-state index contributed by atoms with van der Waals surface area (Å²) in [5.41, 5.74) is 0.511. The molecule has 3 rings (SSSR count). The lowest BCUT2D eigenvalue weighted by Gasteiger charge is -2.33. The van der Waals surface area contributed by atoms with Gasteiger partial charge in [0.25, 0.3) is 0 Å². The summed E-state index contributed by atoms with van der Waals surface area (Å²) in [5.74, 6) is 1.26. The van der Waals surface area contributed by atoms with E-state index in [1.165, 1.54) is 19.3 Å². The fourth-order valence-corrected chi connectivity index (χ4v) is 3.75. The molecule has 128 valence electrons. The minimum Gasteiger partial charge on any atom is -0.387 e. The fourth-order valence-electron chi connectivity index (χ4n) is 3.75. The van der Waals surface area contributed by atoms with Crippen LogP contribution in [0.1, 0.15) is 57.0 Å². The lowest BCUT2D eigenvalue weighted by molar-refractivity contribution is 0.00627. The Hall–Kier alpha value is -1.04. The highest BCUT2D eigenvalue weighted by Gasteiger charge is 2.37. The molecule has 5 heteroatoms. The van der Waals surface area contributed by atoms with Gasteiger partial charge in [0.05, 0.1) is 11.3 Å². The van der Waals surface area contributed by atoms with Gasteiger partial charge in [0.15, 0.2) is 0 Å². The monoisotopic (exact) mass is 318 g/mol. The van der Waals surface area contributed by atoms with Crippen molar-refractivity contribution in [1.82, 2.24) is 19.8 Å². The summed E-state index contributed by atoms with van der Waals surface area (Å²) in [5, 5.41) is 10.9. The van der Waals surface area contributed by atoms with Gasteiger partial charge >= 0.3 is 0 Å². The predicted molar refractivity (Wildman–Crippen MR) is 91.3 cm³/mol. The Labute approximate surface area is 139 Å². The SMILES string of the molecule is CC(C)c1nccc(CN2CC[C@@](O)(CN3CCCCC3)C2)n1. The van der Waals surface area contributed by atoms with Crippen molar-refractivity contribution in [3.63, 3.8) is 0 Å². The van der Waals surface area contributed by atoms with Gasteiger partial charge in [-0.15, -0.1) is 0 Å². The standard InChI is InChI=1S/C18H30N4O/c1-15(2)17-19-8-6-16(20-17)12-22-11-7-18(23,14-22)13-21-9-4-3-5-10-21/h6,8,15,23H,3-5,7,9-14H2,1-2H3/t18-/m1/s1. The predicted octanol–water partition coefficient (Wildman–Crippen LogP) is 2.02. The Morgan fingerprint density at radius 3 is 2.70 bits per heavy atom. The van der Waals surface area contributed by atoms with Crippen LogP contribution in [-0.2, 0) is 6.54 Å². The van der Waals surface area contributed by atoms with Gasteiger partial charge in [-0.1, -0.05) is 20.3 Å². The van der Waals surface area contributed by atoms with E-state index in [2.05, 4.69) is 33.6 Å². The summed E-state index contributed by atoms with van der Waals surface area (Å²) >= 11 is 0. The van der Waals surface area contributed by atoms with Crippen LogP contribution in [-0.4, -0.2) is 63.2 Å². The third kappa shape index (κ3) is 4.49. The first-order valence-electron chi connectivity index (χ1n) is 9.03. The summed E-state index contributed by atoms with van der Waals surface area (Å²) in [6.07, 6.45) is 6.61. The largest absolute Gasteiger partial charge is 0.387 e. The van der Waals surface area contributed by atoms with Crippen molar-refractivity contribution in [3.8, 4) is 0 Å². The first kappa shape index (κ1) is 16.8. The van der Waals surface area contributed by atoms with Crippen LogP contribution in [0, 0.1) is 0 Å². The summed E-state index contributed by atoms with van der Waals surface area (Å²) in [7, 11) is 0. The molecule has 0 unspecified atom stereocenters. The van der Waals surface area contributed by atoms with Gasteiger partial charge < -0.3 is 10.0 Å². The normalized spacial score (nSPS) is 27.0. The maximum Gasteiger partial charge on any atom is 0.131 e. The van der Waals surface area contributed by atoms with E-state index in [0.717, 1.165) is 57.2 Å². The number of likely N-dealkylation sites (tertiary alicyclic amines) is 2. The van der Waals surface area contributed by atoms with Crippen LogP contribution in [0.3, 0.4) is 0 Å². The number of β-amino-alcohol motifs (C(OH)–C–C–N with tert-alkyl or cyclic N) is 1. The third-order valence-electron chi connectivity index (χ3n) is 5.01. The molecule has 2 saturated heterocycles. The van der Waals surface area contributed by atoms with Gasteiger partial charge in [-0.3, -0.25) is 4.90 Å². The van der Waals surface area contributed by atoms with Gasteiger partial charge in [-0.25, -0.2) is 9.97 Å². The second-order valence-electron chi connectivity index (χ2n) is 7.58. The van der Waals surface area contributed by atoms with Crippen LogP contribution in [0.25, 0.3) is 0 Å². The highest BCUT2D eigenvalue weighted by atomic mass is 16.3. The molecule has 0 radical (unpaired) electrons. The number of rotatable bonds is 5. The Balaban J connectivity index is 1.55. The molecule has 1 atom stereocenters. The molecular formula is C18H30N4O. The van der Waals surface area contributed by atoms with Gasteiger partial charge in [0, 0.05) is 38.3 Å². The first-order chi connectivity index (χ1) is 11.0. The van der Waals surface area contributed by atoms with Crippen molar-refractivity contribution in [2.75, 3.05) is 32.7 Å². The van der Waals surface area contributed by atoms with E-state index in [1.54, 1.807) is 0 Å². The highest BCUT2D eigenvalue weighted by molar-refractivity contribution is 5.06. The number of aromatic nitrogens is 2. The van der Waals surface area contributed by atoms with E-state index in [4.69, 9.17) is 0 Å². The summed E-state index contributed by atoms with van der Waals surface area (Å²) in [4.78, 5) is 13.8. The quantitative estimate of drug-likeness (QED) is 0.900. The Kier molecular flexibility index (Phi) is 5.29. The number of hydrogen-bond donors (Lipinski definition) is 1. The second kappa shape index (κ2) is 7.24. The Bertz CT molecular complexity index is 515. The fraction of sp³-hybridized carbons (Fsp3) is 0.778.